The summed E-state index contributed by atoms with van der Waals surface area (Å²) in [6, 6.07) is 5.64. The number of benzene rings is 1. The van der Waals surface area contributed by atoms with Crippen molar-refractivity contribution >= 4 is 23.0 Å². The Labute approximate surface area is 101 Å². The number of anilines is 2. The van der Waals surface area contributed by atoms with Gasteiger partial charge in [0, 0.05) is 18.1 Å². The van der Waals surface area contributed by atoms with Gasteiger partial charge in [-0.2, -0.15) is 0 Å². The fourth-order valence-electron chi connectivity index (χ4n) is 2.19. The largest absolute Gasteiger partial charge is 0.397 e. The normalized spacial score (nSPS) is 25.8. The summed E-state index contributed by atoms with van der Waals surface area (Å²) in [6.45, 7) is 5.90. The Hall–Kier alpha value is -0.930. The van der Waals surface area contributed by atoms with Gasteiger partial charge in [0.25, 0.3) is 0 Å². The summed E-state index contributed by atoms with van der Waals surface area (Å²) >= 11 is 5.89. The van der Waals surface area contributed by atoms with Gasteiger partial charge in [0.1, 0.15) is 0 Å². The number of morpholine rings is 1. The van der Waals surface area contributed by atoms with Gasteiger partial charge in [-0.15, -0.1) is 0 Å². The molecule has 1 aliphatic rings. The van der Waals surface area contributed by atoms with Crippen LogP contribution in [0, 0.1) is 0 Å². The quantitative estimate of drug-likeness (QED) is 0.767. The number of rotatable bonds is 1. The highest BCUT2D eigenvalue weighted by atomic mass is 35.5. The predicted octanol–water partition coefficient (Wildman–Crippen LogP) is 2.54. The molecule has 2 atom stereocenters. The van der Waals surface area contributed by atoms with Crippen molar-refractivity contribution in [1.82, 2.24) is 0 Å². The zero-order valence-corrected chi connectivity index (χ0v) is 10.4. The molecule has 1 fully saturated rings. The monoisotopic (exact) mass is 240 g/mol. The van der Waals surface area contributed by atoms with Crippen molar-refractivity contribution < 1.29 is 4.74 Å². The van der Waals surface area contributed by atoms with Crippen LogP contribution in [0.1, 0.15) is 13.8 Å². The van der Waals surface area contributed by atoms with Crippen LogP contribution >= 0.6 is 11.6 Å². The summed E-state index contributed by atoms with van der Waals surface area (Å²) < 4.78 is 5.69. The molecule has 1 aromatic carbocycles. The minimum absolute atomic E-state index is 0.235. The Bertz CT molecular complexity index is 373. The van der Waals surface area contributed by atoms with Crippen molar-refractivity contribution in [2.24, 2.45) is 0 Å². The molecule has 0 aromatic heterocycles. The maximum atomic E-state index is 5.98. The number of nitrogen functional groups attached to an aromatic ring is 1. The van der Waals surface area contributed by atoms with Crippen LogP contribution in [0.5, 0.6) is 0 Å². The number of hydrogen-bond donors (Lipinski definition) is 1. The highest BCUT2D eigenvalue weighted by Gasteiger charge is 2.23. The van der Waals surface area contributed by atoms with E-state index in [0.717, 1.165) is 24.5 Å². The van der Waals surface area contributed by atoms with E-state index in [-0.39, 0.29) is 12.2 Å². The molecule has 1 saturated heterocycles. The first-order valence-corrected chi connectivity index (χ1v) is 5.89. The first-order chi connectivity index (χ1) is 7.56. The average molecular weight is 241 g/mol. The molecular weight excluding hydrogens is 224 g/mol. The van der Waals surface area contributed by atoms with Gasteiger partial charge in [-0.1, -0.05) is 11.6 Å². The van der Waals surface area contributed by atoms with Crippen molar-refractivity contribution in [2.45, 2.75) is 26.1 Å². The lowest BCUT2D eigenvalue weighted by Crippen LogP contribution is -2.45. The molecule has 0 aliphatic carbocycles. The van der Waals surface area contributed by atoms with E-state index < -0.39 is 0 Å². The molecule has 1 heterocycles. The standard InChI is InChI=1S/C12H17ClN2O/c1-8-6-15(7-9(2)16-8)12-4-3-10(13)5-11(12)14/h3-5,8-9H,6-7,14H2,1-2H3/t8-,9-/m1/s1. The van der Waals surface area contributed by atoms with Gasteiger partial charge in [-0.05, 0) is 32.0 Å². The van der Waals surface area contributed by atoms with Crippen LogP contribution in [0.15, 0.2) is 18.2 Å². The molecule has 0 saturated carbocycles. The molecule has 0 radical (unpaired) electrons. The van der Waals surface area contributed by atoms with E-state index in [0.29, 0.717) is 5.02 Å². The van der Waals surface area contributed by atoms with Crippen LogP contribution in [0.4, 0.5) is 11.4 Å². The third-order valence-corrected chi connectivity index (χ3v) is 2.98. The molecule has 16 heavy (non-hydrogen) atoms. The van der Waals surface area contributed by atoms with Gasteiger partial charge in [0.05, 0.1) is 23.6 Å². The Morgan fingerprint density at radius 2 is 1.94 bits per heavy atom. The summed E-state index contributed by atoms with van der Waals surface area (Å²) in [7, 11) is 0. The molecular formula is C12H17ClN2O. The van der Waals surface area contributed by atoms with Crippen molar-refractivity contribution in [3.05, 3.63) is 23.2 Å². The minimum atomic E-state index is 0.235. The topological polar surface area (TPSA) is 38.5 Å². The van der Waals surface area contributed by atoms with E-state index in [1.165, 1.54) is 0 Å². The first kappa shape index (κ1) is 11.6. The van der Waals surface area contributed by atoms with E-state index in [2.05, 4.69) is 18.7 Å². The molecule has 0 unspecified atom stereocenters. The van der Waals surface area contributed by atoms with E-state index in [1.54, 1.807) is 6.07 Å². The van der Waals surface area contributed by atoms with Crippen molar-refractivity contribution in [2.75, 3.05) is 23.7 Å². The molecule has 2 N–H and O–H groups in total. The van der Waals surface area contributed by atoms with Crippen LogP contribution in [0.25, 0.3) is 0 Å². The molecule has 3 nitrogen and oxygen atoms in total. The lowest BCUT2D eigenvalue weighted by Gasteiger charge is -2.37. The van der Waals surface area contributed by atoms with Gasteiger partial charge in [0.2, 0.25) is 0 Å². The fourth-order valence-corrected chi connectivity index (χ4v) is 2.37. The molecule has 2 rings (SSSR count). The van der Waals surface area contributed by atoms with Gasteiger partial charge in [0.15, 0.2) is 0 Å². The molecule has 88 valence electrons. The number of hydrogen-bond acceptors (Lipinski definition) is 3. The number of ether oxygens (including phenoxy) is 1. The predicted molar refractivity (Wildman–Crippen MR) is 68.1 cm³/mol. The molecule has 1 aliphatic heterocycles. The van der Waals surface area contributed by atoms with Gasteiger partial charge < -0.3 is 15.4 Å². The van der Waals surface area contributed by atoms with Gasteiger partial charge in [-0.25, -0.2) is 0 Å². The fraction of sp³-hybridized carbons (Fsp3) is 0.500. The summed E-state index contributed by atoms with van der Waals surface area (Å²) in [6.07, 6.45) is 0.470. The van der Waals surface area contributed by atoms with Crippen LogP contribution in [0.3, 0.4) is 0 Å². The second-order valence-electron chi connectivity index (χ2n) is 4.37. The average Bonchev–Trinajstić information content (AvgIpc) is 2.15. The smallest absolute Gasteiger partial charge is 0.0726 e. The number of nitrogens with two attached hydrogens (primary N) is 1. The second kappa shape index (κ2) is 4.52. The molecule has 0 bridgehead atoms. The SMILES string of the molecule is C[C@@H]1CN(c2ccc(Cl)cc2N)C[C@@H](C)O1. The number of nitrogens with zero attached hydrogens (tertiary/aromatic N) is 1. The van der Waals surface area contributed by atoms with Crippen LogP contribution in [-0.4, -0.2) is 25.3 Å². The zero-order valence-electron chi connectivity index (χ0n) is 9.61. The van der Waals surface area contributed by atoms with E-state index in [1.807, 2.05) is 12.1 Å². The Morgan fingerprint density at radius 1 is 1.31 bits per heavy atom. The summed E-state index contributed by atoms with van der Waals surface area (Å²) in [4.78, 5) is 2.25. The summed E-state index contributed by atoms with van der Waals surface area (Å²) in [5.41, 5.74) is 7.75. The van der Waals surface area contributed by atoms with Gasteiger partial charge in [-0.3, -0.25) is 0 Å². The molecule has 4 heteroatoms. The minimum Gasteiger partial charge on any atom is -0.397 e. The molecule has 0 spiro atoms. The molecule has 1 aromatic rings. The highest BCUT2D eigenvalue weighted by Crippen LogP contribution is 2.28. The van der Waals surface area contributed by atoms with E-state index in [9.17, 15) is 0 Å². The van der Waals surface area contributed by atoms with Crippen LogP contribution < -0.4 is 10.6 Å². The van der Waals surface area contributed by atoms with Crippen LogP contribution in [-0.2, 0) is 4.74 Å². The summed E-state index contributed by atoms with van der Waals surface area (Å²) in [5, 5.41) is 0.676. The third-order valence-electron chi connectivity index (χ3n) is 2.75. The lowest BCUT2D eigenvalue weighted by atomic mass is 10.2. The van der Waals surface area contributed by atoms with Crippen molar-refractivity contribution in [3.8, 4) is 0 Å². The molecule has 0 amide bonds. The number of halogens is 1. The maximum absolute atomic E-state index is 5.98. The highest BCUT2D eigenvalue weighted by molar-refractivity contribution is 6.31. The maximum Gasteiger partial charge on any atom is 0.0726 e. The van der Waals surface area contributed by atoms with Crippen molar-refractivity contribution in [1.29, 1.82) is 0 Å². The van der Waals surface area contributed by atoms with Gasteiger partial charge >= 0.3 is 0 Å². The summed E-state index contributed by atoms with van der Waals surface area (Å²) in [5.74, 6) is 0. The Balaban J connectivity index is 2.23. The van der Waals surface area contributed by atoms with E-state index >= 15 is 0 Å². The second-order valence-corrected chi connectivity index (χ2v) is 4.80. The van der Waals surface area contributed by atoms with E-state index in [4.69, 9.17) is 22.1 Å². The third kappa shape index (κ3) is 2.42. The van der Waals surface area contributed by atoms with Crippen LogP contribution in [0.2, 0.25) is 5.02 Å². The zero-order chi connectivity index (χ0) is 11.7. The lowest BCUT2D eigenvalue weighted by molar-refractivity contribution is -0.00517. The Kier molecular flexibility index (Phi) is 3.26. The Morgan fingerprint density at radius 3 is 2.50 bits per heavy atom. The van der Waals surface area contributed by atoms with Crippen molar-refractivity contribution in [3.63, 3.8) is 0 Å². The first-order valence-electron chi connectivity index (χ1n) is 5.51.